The van der Waals surface area contributed by atoms with Crippen LogP contribution in [0.25, 0.3) is 16.7 Å². The summed E-state index contributed by atoms with van der Waals surface area (Å²) >= 11 is 6.45. The number of benzene rings is 2. The van der Waals surface area contributed by atoms with E-state index in [2.05, 4.69) is 25.6 Å². The average molecular weight is 379 g/mol. The standard InChI is InChI=1S/C19H15ClN6O/c1-12-14(17(20)26(25-12)13-7-3-2-4-8-13)11-21-24-18-19(27)23-16-10-6-5-9-15(16)22-18/h2-11H,1H3,(H,22,24)(H,23,27)/b21-11+. The number of anilines is 1. The molecule has 0 radical (unpaired) electrons. The maximum atomic E-state index is 12.1. The zero-order valence-electron chi connectivity index (χ0n) is 14.3. The maximum Gasteiger partial charge on any atom is 0.293 e. The molecule has 2 aromatic carbocycles. The molecule has 8 heteroatoms. The number of nitrogens with one attached hydrogen (secondary N) is 2. The Kier molecular flexibility index (Phi) is 4.43. The van der Waals surface area contributed by atoms with Crippen molar-refractivity contribution in [3.63, 3.8) is 0 Å². The smallest absolute Gasteiger partial charge is 0.293 e. The van der Waals surface area contributed by atoms with Gasteiger partial charge in [-0.1, -0.05) is 41.9 Å². The van der Waals surface area contributed by atoms with Crippen LogP contribution in [0, 0.1) is 6.92 Å². The Labute approximate surface area is 159 Å². The Morgan fingerprint density at radius 2 is 1.89 bits per heavy atom. The highest BCUT2D eigenvalue weighted by molar-refractivity contribution is 6.32. The molecule has 7 nitrogen and oxygen atoms in total. The number of hydrogen-bond donors (Lipinski definition) is 2. The number of hydrogen-bond acceptors (Lipinski definition) is 5. The Morgan fingerprint density at radius 3 is 2.70 bits per heavy atom. The third kappa shape index (κ3) is 3.32. The molecule has 0 spiro atoms. The second-order valence-corrected chi connectivity index (χ2v) is 6.20. The van der Waals surface area contributed by atoms with E-state index in [9.17, 15) is 4.79 Å². The number of nitrogens with zero attached hydrogens (tertiary/aromatic N) is 4. The quantitative estimate of drug-likeness (QED) is 0.420. The molecule has 0 saturated carbocycles. The molecule has 2 aromatic heterocycles. The van der Waals surface area contributed by atoms with Crippen LogP contribution in [0.15, 0.2) is 64.5 Å². The van der Waals surface area contributed by atoms with Crippen molar-refractivity contribution >= 4 is 34.7 Å². The van der Waals surface area contributed by atoms with Crippen LogP contribution < -0.4 is 11.0 Å². The average Bonchev–Trinajstić information content (AvgIpc) is 2.97. The summed E-state index contributed by atoms with van der Waals surface area (Å²) in [6, 6.07) is 16.9. The summed E-state index contributed by atoms with van der Waals surface area (Å²) in [6.45, 7) is 1.84. The first-order valence-corrected chi connectivity index (χ1v) is 8.60. The van der Waals surface area contributed by atoms with E-state index in [1.54, 1.807) is 10.7 Å². The first-order valence-electron chi connectivity index (χ1n) is 8.22. The van der Waals surface area contributed by atoms with Gasteiger partial charge in [0.2, 0.25) is 5.82 Å². The number of para-hydroxylation sites is 3. The van der Waals surface area contributed by atoms with Gasteiger partial charge in [-0.2, -0.15) is 10.2 Å². The molecule has 134 valence electrons. The lowest BCUT2D eigenvalue weighted by Crippen LogP contribution is -2.13. The van der Waals surface area contributed by atoms with E-state index < -0.39 is 0 Å². The lowest BCUT2D eigenvalue weighted by atomic mass is 10.3. The topological polar surface area (TPSA) is 88.0 Å². The molecular weight excluding hydrogens is 364 g/mol. The van der Waals surface area contributed by atoms with Crippen molar-refractivity contribution in [1.29, 1.82) is 0 Å². The van der Waals surface area contributed by atoms with Crippen LogP contribution in [0.4, 0.5) is 5.82 Å². The Balaban J connectivity index is 1.62. The van der Waals surface area contributed by atoms with Crippen LogP contribution in [0.2, 0.25) is 5.15 Å². The van der Waals surface area contributed by atoms with E-state index >= 15 is 0 Å². The summed E-state index contributed by atoms with van der Waals surface area (Å²) in [4.78, 5) is 19.1. The molecule has 0 amide bonds. The van der Waals surface area contributed by atoms with Gasteiger partial charge in [0.1, 0.15) is 5.15 Å². The fourth-order valence-electron chi connectivity index (χ4n) is 2.66. The Morgan fingerprint density at radius 1 is 1.15 bits per heavy atom. The van der Waals surface area contributed by atoms with E-state index in [-0.39, 0.29) is 11.4 Å². The van der Waals surface area contributed by atoms with Crippen LogP contribution in [-0.4, -0.2) is 26.0 Å². The van der Waals surface area contributed by atoms with Gasteiger partial charge in [0.15, 0.2) is 0 Å². The van der Waals surface area contributed by atoms with Crippen molar-refractivity contribution in [2.75, 3.05) is 5.43 Å². The highest BCUT2D eigenvalue weighted by Gasteiger charge is 2.13. The zero-order chi connectivity index (χ0) is 18.8. The van der Waals surface area contributed by atoms with Gasteiger partial charge in [0, 0.05) is 0 Å². The van der Waals surface area contributed by atoms with Crippen LogP contribution in [0.3, 0.4) is 0 Å². The summed E-state index contributed by atoms with van der Waals surface area (Å²) in [6.07, 6.45) is 1.53. The number of H-pyrrole nitrogens is 1. The lowest BCUT2D eigenvalue weighted by Gasteiger charge is -2.02. The minimum absolute atomic E-state index is 0.106. The van der Waals surface area contributed by atoms with Gasteiger partial charge in [0.05, 0.1) is 34.2 Å². The van der Waals surface area contributed by atoms with E-state index in [4.69, 9.17) is 11.6 Å². The van der Waals surface area contributed by atoms with E-state index in [0.717, 1.165) is 11.4 Å². The minimum Gasteiger partial charge on any atom is -0.317 e. The number of aromatic nitrogens is 4. The van der Waals surface area contributed by atoms with Crippen molar-refractivity contribution in [2.45, 2.75) is 6.92 Å². The lowest BCUT2D eigenvalue weighted by molar-refractivity contribution is 0.863. The summed E-state index contributed by atoms with van der Waals surface area (Å²) in [5, 5.41) is 8.99. The molecule has 0 bridgehead atoms. The predicted molar refractivity (Wildman–Crippen MR) is 107 cm³/mol. The highest BCUT2D eigenvalue weighted by Crippen LogP contribution is 2.22. The fraction of sp³-hybridized carbons (Fsp3) is 0.0526. The van der Waals surface area contributed by atoms with Crippen molar-refractivity contribution in [2.24, 2.45) is 5.10 Å². The number of halogens is 1. The summed E-state index contributed by atoms with van der Waals surface area (Å²) in [5.41, 5.74) is 5.88. The Bertz CT molecular complexity index is 1200. The normalized spacial score (nSPS) is 11.3. The molecule has 4 rings (SSSR count). The van der Waals surface area contributed by atoms with Gasteiger partial charge >= 0.3 is 0 Å². The molecule has 0 aliphatic rings. The molecule has 0 atom stereocenters. The third-order valence-corrected chi connectivity index (χ3v) is 4.38. The fourth-order valence-corrected chi connectivity index (χ4v) is 2.98. The minimum atomic E-state index is -0.353. The molecule has 0 aliphatic carbocycles. The summed E-state index contributed by atoms with van der Waals surface area (Å²) in [5.74, 6) is 0.106. The third-order valence-electron chi connectivity index (χ3n) is 4.01. The van der Waals surface area contributed by atoms with E-state index in [0.29, 0.717) is 21.7 Å². The predicted octanol–water partition coefficient (Wildman–Crippen LogP) is 3.52. The van der Waals surface area contributed by atoms with E-state index in [1.807, 2.05) is 55.5 Å². The molecule has 0 saturated heterocycles. The number of hydrazone groups is 1. The van der Waals surface area contributed by atoms with Gasteiger partial charge in [-0.15, -0.1) is 0 Å². The molecule has 0 aliphatic heterocycles. The highest BCUT2D eigenvalue weighted by atomic mass is 35.5. The van der Waals surface area contributed by atoms with Crippen LogP contribution in [-0.2, 0) is 0 Å². The van der Waals surface area contributed by atoms with Crippen molar-refractivity contribution < 1.29 is 0 Å². The van der Waals surface area contributed by atoms with Crippen LogP contribution in [0.1, 0.15) is 11.3 Å². The number of aryl methyl sites for hydroxylation is 1. The molecule has 0 unspecified atom stereocenters. The maximum absolute atomic E-state index is 12.1. The van der Waals surface area contributed by atoms with Gasteiger partial charge in [0.25, 0.3) is 5.56 Å². The first-order chi connectivity index (χ1) is 13.1. The monoisotopic (exact) mass is 378 g/mol. The number of rotatable bonds is 4. The second-order valence-electron chi connectivity index (χ2n) is 5.84. The second kappa shape index (κ2) is 7.05. The molecule has 2 N–H and O–H groups in total. The molecule has 0 fully saturated rings. The SMILES string of the molecule is Cc1nn(-c2ccccc2)c(Cl)c1/C=N/Nc1nc2ccccc2[nH]c1=O. The number of fused-ring (bicyclic) bond motifs is 1. The van der Waals surface area contributed by atoms with Crippen LogP contribution >= 0.6 is 11.6 Å². The molecule has 4 aromatic rings. The molecular formula is C19H15ClN6O. The van der Waals surface area contributed by atoms with Gasteiger partial charge in [-0.25, -0.2) is 9.67 Å². The molecule has 27 heavy (non-hydrogen) atoms. The number of aromatic amines is 1. The van der Waals surface area contributed by atoms with Gasteiger partial charge in [-0.05, 0) is 31.2 Å². The van der Waals surface area contributed by atoms with Crippen molar-refractivity contribution in [3.8, 4) is 5.69 Å². The van der Waals surface area contributed by atoms with Crippen molar-refractivity contribution in [1.82, 2.24) is 19.7 Å². The zero-order valence-corrected chi connectivity index (χ0v) is 15.1. The molecule has 2 heterocycles. The first kappa shape index (κ1) is 17.0. The summed E-state index contributed by atoms with van der Waals surface area (Å²) in [7, 11) is 0. The van der Waals surface area contributed by atoms with Crippen LogP contribution in [0.5, 0.6) is 0 Å². The summed E-state index contributed by atoms with van der Waals surface area (Å²) < 4.78 is 1.64. The largest absolute Gasteiger partial charge is 0.317 e. The van der Waals surface area contributed by atoms with Crippen molar-refractivity contribution in [3.05, 3.63) is 81.4 Å². The van der Waals surface area contributed by atoms with E-state index in [1.165, 1.54) is 6.21 Å². The van der Waals surface area contributed by atoms with Gasteiger partial charge in [-0.3, -0.25) is 10.2 Å². The Hall–Kier alpha value is -3.45. The van der Waals surface area contributed by atoms with Gasteiger partial charge < -0.3 is 4.98 Å².